The van der Waals surface area contributed by atoms with E-state index < -0.39 is 16.7 Å². The molecule has 130 valence electrons. The summed E-state index contributed by atoms with van der Waals surface area (Å²) in [6.45, 7) is 3.97. The fourth-order valence-corrected chi connectivity index (χ4v) is 3.45. The molecule has 0 spiro atoms. The van der Waals surface area contributed by atoms with Crippen LogP contribution in [0.25, 0.3) is 5.69 Å². The average Bonchev–Trinajstić information content (AvgIpc) is 2.89. The van der Waals surface area contributed by atoms with Crippen LogP contribution in [0.1, 0.15) is 13.8 Å². The summed E-state index contributed by atoms with van der Waals surface area (Å²) in [5.41, 5.74) is 0.992. The maximum Gasteiger partial charge on any atom is 0.230 e. The van der Waals surface area contributed by atoms with Crippen molar-refractivity contribution in [2.75, 3.05) is 23.5 Å². The Bertz CT molecular complexity index is 765. The van der Waals surface area contributed by atoms with Gasteiger partial charge in [-0.2, -0.15) is 9.83 Å². The van der Waals surface area contributed by atoms with Crippen molar-refractivity contribution in [1.82, 2.24) is 9.78 Å². The first kappa shape index (κ1) is 18.4. The SMILES string of the molecule is CCN(C(=O)C(C)CS(C)=O)c1cn(-c2ccc[n+]([O-])c2)nc1Cl. The Morgan fingerprint density at radius 1 is 1.58 bits per heavy atom. The highest BCUT2D eigenvalue weighted by Crippen LogP contribution is 2.27. The Morgan fingerprint density at radius 3 is 2.88 bits per heavy atom. The summed E-state index contributed by atoms with van der Waals surface area (Å²) < 4.78 is 13.5. The van der Waals surface area contributed by atoms with Gasteiger partial charge in [0, 0.05) is 41.3 Å². The number of hydrogen-bond acceptors (Lipinski definition) is 4. The third-order valence-electron chi connectivity index (χ3n) is 3.45. The van der Waals surface area contributed by atoms with Gasteiger partial charge in [0.1, 0.15) is 11.4 Å². The molecule has 0 saturated heterocycles. The van der Waals surface area contributed by atoms with Crippen LogP contribution in [-0.4, -0.2) is 38.4 Å². The zero-order valence-electron chi connectivity index (χ0n) is 13.7. The fraction of sp³-hybridized carbons (Fsp3) is 0.400. The predicted molar refractivity (Wildman–Crippen MR) is 93.7 cm³/mol. The van der Waals surface area contributed by atoms with Crippen LogP contribution in [-0.2, 0) is 15.6 Å². The molecule has 9 heteroatoms. The van der Waals surface area contributed by atoms with Gasteiger partial charge >= 0.3 is 0 Å². The minimum Gasteiger partial charge on any atom is -0.619 e. The Balaban J connectivity index is 2.33. The maximum atomic E-state index is 12.6. The van der Waals surface area contributed by atoms with Gasteiger partial charge in [-0.25, -0.2) is 4.68 Å². The van der Waals surface area contributed by atoms with E-state index in [1.54, 1.807) is 31.5 Å². The molecular formula is C15H19ClN4O3S. The Kier molecular flexibility index (Phi) is 5.95. The Hall–Kier alpha value is -1.93. The van der Waals surface area contributed by atoms with E-state index in [1.807, 2.05) is 6.92 Å². The van der Waals surface area contributed by atoms with Gasteiger partial charge in [-0.3, -0.25) is 9.00 Å². The number of rotatable bonds is 6. The van der Waals surface area contributed by atoms with Gasteiger partial charge in [-0.1, -0.05) is 18.5 Å². The summed E-state index contributed by atoms with van der Waals surface area (Å²) in [7, 11) is -1.06. The summed E-state index contributed by atoms with van der Waals surface area (Å²) in [4.78, 5) is 14.1. The van der Waals surface area contributed by atoms with Crippen molar-refractivity contribution in [2.24, 2.45) is 5.92 Å². The van der Waals surface area contributed by atoms with Crippen LogP contribution in [0.3, 0.4) is 0 Å². The number of amides is 1. The van der Waals surface area contributed by atoms with Crippen LogP contribution in [0, 0.1) is 11.1 Å². The Labute approximate surface area is 147 Å². The van der Waals surface area contributed by atoms with Crippen molar-refractivity contribution in [3.63, 3.8) is 0 Å². The van der Waals surface area contributed by atoms with E-state index in [2.05, 4.69) is 5.10 Å². The maximum absolute atomic E-state index is 12.6. The highest BCUT2D eigenvalue weighted by atomic mass is 35.5. The summed E-state index contributed by atoms with van der Waals surface area (Å²) in [6, 6.07) is 3.31. The van der Waals surface area contributed by atoms with Crippen LogP contribution in [0.4, 0.5) is 5.69 Å². The highest BCUT2D eigenvalue weighted by molar-refractivity contribution is 7.84. The number of anilines is 1. The van der Waals surface area contributed by atoms with E-state index >= 15 is 0 Å². The molecule has 0 saturated carbocycles. The number of halogens is 1. The van der Waals surface area contributed by atoms with Gasteiger partial charge in [0.05, 0.1) is 6.20 Å². The lowest BCUT2D eigenvalue weighted by Gasteiger charge is -2.22. The molecule has 2 atom stereocenters. The van der Waals surface area contributed by atoms with E-state index in [1.165, 1.54) is 22.0 Å². The van der Waals surface area contributed by atoms with Gasteiger partial charge in [-0.15, -0.1) is 0 Å². The van der Waals surface area contributed by atoms with Crippen LogP contribution in [0.15, 0.2) is 30.7 Å². The second-order valence-corrected chi connectivity index (χ2v) is 7.23. The van der Waals surface area contributed by atoms with Crippen LogP contribution in [0.2, 0.25) is 5.15 Å². The third-order valence-corrected chi connectivity index (χ3v) is 4.69. The molecule has 0 aliphatic heterocycles. The van der Waals surface area contributed by atoms with Crippen molar-refractivity contribution in [3.8, 4) is 5.69 Å². The standard InChI is InChI=1S/C15H19ClN4O3S/c1-4-19(15(21)11(2)10-24(3)23)13-9-20(17-14(13)16)12-6-5-7-18(22)8-12/h5-9,11H,4,10H2,1-3H3. The van der Waals surface area contributed by atoms with Crippen molar-refractivity contribution < 1.29 is 13.7 Å². The normalized spacial score (nSPS) is 13.5. The topological polar surface area (TPSA) is 82.1 Å². The summed E-state index contributed by atoms with van der Waals surface area (Å²) >= 11 is 6.19. The lowest BCUT2D eigenvalue weighted by Crippen LogP contribution is -2.37. The minimum absolute atomic E-state index is 0.163. The largest absolute Gasteiger partial charge is 0.619 e. The number of carbonyl (C=O) groups excluding carboxylic acids is 1. The average molecular weight is 371 g/mol. The van der Waals surface area contributed by atoms with Crippen molar-refractivity contribution in [3.05, 3.63) is 41.1 Å². The van der Waals surface area contributed by atoms with Crippen molar-refractivity contribution in [1.29, 1.82) is 0 Å². The molecule has 0 bridgehead atoms. The lowest BCUT2D eigenvalue weighted by molar-refractivity contribution is -0.605. The van der Waals surface area contributed by atoms with Crippen LogP contribution >= 0.6 is 11.6 Å². The van der Waals surface area contributed by atoms with E-state index in [0.717, 1.165) is 0 Å². The zero-order chi connectivity index (χ0) is 17.9. The van der Waals surface area contributed by atoms with Gasteiger partial charge in [0.15, 0.2) is 11.3 Å². The Morgan fingerprint density at radius 2 is 2.29 bits per heavy atom. The fourth-order valence-electron chi connectivity index (χ4n) is 2.37. The van der Waals surface area contributed by atoms with E-state index in [0.29, 0.717) is 22.6 Å². The molecule has 0 N–H and O–H groups in total. The molecular weight excluding hydrogens is 352 g/mol. The number of pyridine rings is 1. The van der Waals surface area contributed by atoms with E-state index in [9.17, 15) is 14.2 Å². The predicted octanol–water partition coefficient (Wildman–Crippen LogP) is 1.53. The molecule has 2 aromatic heterocycles. The second-order valence-electron chi connectivity index (χ2n) is 5.40. The molecule has 2 heterocycles. The van der Waals surface area contributed by atoms with Gasteiger partial charge in [0.25, 0.3) is 0 Å². The summed E-state index contributed by atoms with van der Waals surface area (Å²) in [5.74, 6) is -0.271. The van der Waals surface area contributed by atoms with Gasteiger partial charge in [-0.05, 0) is 13.0 Å². The quantitative estimate of drug-likeness (QED) is 0.570. The molecule has 1 amide bonds. The summed E-state index contributed by atoms with van der Waals surface area (Å²) in [6.07, 6.45) is 5.89. The molecule has 2 aromatic rings. The second kappa shape index (κ2) is 7.76. The van der Waals surface area contributed by atoms with Gasteiger partial charge < -0.3 is 10.1 Å². The summed E-state index contributed by atoms with van der Waals surface area (Å²) in [5, 5.41) is 15.7. The molecule has 0 aliphatic carbocycles. The number of carbonyl (C=O) groups is 1. The van der Waals surface area contributed by atoms with Crippen LogP contribution < -0.4 is 9.63 Å². The number of aromatic nitrogens is 3. The number of hydrogen-bond donors (Lipinski definition) is 0. The van der Waals surface area contributed by atoms with Crippen molar-refractivity contribution in [2.45, 2.75) is 13.8 Å². The van der Waals surface area contributed by atoms with Gasteiger partial charge in [0.2, 0.25) is 12.1 Å². The first-order valence-corrected chi connectivity index (χ1v) is 9.49. The molecule has 2 rings (SSSR count). The molecule has 0 fully saturated rings. The molecule has 0 aromatic carbocycles. The zero-order valence-corrected chi connectivity index (χ0v) is 15.3. The molecule has 24 heavy (non-hydrogen) atoms. The lowest BCUT2D eigenvalue weighted by atomic mass is 10.2. The molecule has 0 aliphatic rings. The minimum atomic E-state index is -1.06. The molecule has 7 nitrogen and oxygen atoms in total. The molecule has 2 unspecified atom stereocenters. The third kappa shape index (κ3) is 4.12. The van der Waals surface area contributed by atoms with E-state index in [4.69, 9.17) is 11.6 Å². The first-order chi connectivity index (χ1) is 11.3. The molecule has 0 radical (unpaired) electrons. The van der Waals surface area contributed by atoms with Crippen molar-refractivity contribution >= 4 is 34.0 Å². The highest BCUT2D eigenvalue weighted by Gasteiger charge is 2.25. The smallest absolute Gasteiger partial charge is 0.230 e. The van der Waals surface area contributed by atoms with E-state index in [-0.39, 0.29) is 16.8 Å². The first-order valence-electron chi connectivity index (χ1n) is 7.39. The van der Waals surface area contributed by atoms with Crippen LogP contribution in [0.5, 0.6) is 0 Å². The number of nitrogens with zero attached hydrogens (tertiary/aromatic N) is 4. The monoisotopic (exact) mass is 370 g/mol.